The molecule has 6 N–H and O–H groups in total. The Hall–Kier alpha value is -6.19. The number of aliphatic hydroxyl groups excluding tert-OH is 2. The average Bonchev–Trinajstić information content (AvgIpc) is 3.32. The zero-order valence-corrected chi connectivity index (χ0v) is 27.1. The summed E-state index contributed by atoms with van der Waals surface area (Å²) in [4.78, 5) is 80.1. The number of aliphatic hydroxyl groups is 3. The molecule has 0 saturated heterocycles. The lowest BCUT2D eigenvalue weighted by molar-refractivity contribution is -0.384. The molecule has 4 atom stereocenters. The number of phenolic OH excluding ortho intramolecular Hbond substituents is 1. The smallest absolute Gasteiger partial charge is 0.270 e. The molecule has 3 aromatic rings. The number of rotatable bonds is 6. The molecule has 15 heteroatoms. The Balaban J connectivity index is 1.44. The molecule has 0 unspecified atom stereocenters. The SMILES string of the molecule is CN(C)[C@@H]1C(=O)C(C(N)=O)=C(O)[C@]2(O)C(=O)C3=C(O)c4c(O)c(CN5C(=O)c6ccccc6C5=O)cc(-c5cccc([N+](=O)[O-])c5)c4C[C@H]3C[C@@H]12. The number of likely N-dealkylation sites (N-methyl/N-ethyl adjacent to an activating group) is 1. The molecule has 3 aliphatic carbocycles. The van der Waals surface area contributed by atoms with Gasteiger partial charge in [-0.3, -0.25) is 43.9 Å². The summed E-state index contributed by atoms with van der Waals surface area (Å²) >= 11 is 0. The van der Waals surface area contributed by atoms with E-state index in [1.807, 2.05) is 0 Å². The maximum absolute atomic E-state index is 14.4. The zero-order valence-electron chi connectivity index (χ0n) is 27.1. The molecule has 1 saturated carbocycles. The van der Waals surface area contributed by atoms with Crippen LogP contribution in [0.15, 0.2) is 71.5 Å². The number of non-ortho nitro benzene ring substituents is 1. The van der Waals surface area contributed by atoms with Gasteiger partial charge in [-0.05, 0) is 67.7 Å². The van der Waals surface area contributed by atoms with E-state index < -0.39 is 92.6 Å². The maximum atomic E-state index is 14.4. The molecule has 4 aliphatic rings. The largest absolute Gasteiger partial charge is 0.508 e. The van der Waals surface area contributed by atoms with Gasteiger partial charge in [-0.25, -0.2) is 0 Å². The van der Waals surface area contributed by atoms with Crippen molar-refractivity contribution in [2.45, 2.75) is 31.0 Å². The number of primary amides is 1. The van der Waals surface area contributed by atoms with Gasteiger partial charge in [0.05, 0.1) is 34.2 Å². The summed E-state index contributed by atoms with van der Waals surface area (Å²) in [7, 11) is 2.98. The molecule has 1 aliphatic heterocycles. The number of hydrogen-bond donors (Lipinski definition) is 5. The van der Waals surface area contributed by atoms with Gasteiger partial charge in [-0.1, -0.05) is 24.3 Å². The van der Waals surface area contributed by atoms with Gasteiger partial charge in [-0.15, -0.1) is 0 Å². The summed E-state index contributed by atoms with van der Waals surface area (Å²) in [6.45, 7) is -0.489. The lowest BCUT2D eigenvalue weighted by atomic mass is 9.57. The molecule has 1 fully saturated rings. The van der Waals surface area contributed by atoms with Crippen LogP contribution < -0.4 is 5.73 Å². The lowest BCUT2D eigenvalue weighted by Crippen LogP contribution is -2.65. The number of benzene rings is 3. The van der Waals surface area contributed by atoms with Crippen molar-refractivity contribution in [1.29, 1.82) is 0 Å². The fourth-order valence-electron chi connectivity index (χ4n) is 8.09. The summed E-state index contributed by atoms with van der Waals surface area (Å²) in [5, 5.41) is 58.5. The number of phenols is 1. The van der Waals surface area contributed by atoms with E-state index >= 15 is 0 Å². The first-order valence-corrected chi connectivity index (χ1v) is 15.8. The number of imide groups is 1. The van der Waals surface area contributed by atoms with Crippen LogP contribution in [0.1, 0.15) is 43.8 Å². The molecule has 260 valence electrons. The second-order valence-electron chi connectivity index (χ2n) is 13.3. The van der Waals surface area contributed by atoms with E-state index in [4.69, 9.17) is 5.73 Å². The van der Waals surface area contributed by atoms with Crippen LogP contribution >= 0.6 is 0 Å². The highest BCUT2D eigenvalue weighted by atomic mass is 16.6. The average molecular weight is 695 g/mol. The molecule has 1 heterocycles. The minimum atomic E-state index is -2.86. The third-order valence-electron chi connectivity index (χ3n) is 10.4. The molecule has 0 bridgehead atoms. The number of carbonyl (C=O) groups excluding carboxylic acids is 5. The summed E-state index contributed by atoms with van der Waals surface area (Å²) in [5.41, 5.74) is 1.69. The molecule has 3 aromatic carbocycles. The molecule has 0 spiro atoms. The Bertz CT molecular complexity index is 2200. The van der Waals surface area contributed by atoms with Crippen molar-refractivity contribution in [3.63, 3.8) is 0 Å². The van der Waals surface area contributed by atoms with Gasteiger partial charge in [0.25, 0.3) is 23.4 Å². The number of nitrogens with zero attached hydrogens (tertiary/aromatic N) is 3. The molecule has 51 heavy (non-hydrogen) atoms. The van der Waals surface area contributed by atoms with Crippen molar-refractivity contribution in [2.24, 2.45) is 17.6 Å². The van der Waals surface area contributed by atoms with Crippen molar-refractivity contribution < 1.29 is 49.3 Å². The zero-order chi connectivity index (χ0) is 36.8. The van der Waals surface area contributed by atoms with E-state index in [0.29, 0.717) is 0 Å². The van der Waals surface area contributed by atoms with Gasteiger partial charge in [-0.2, -0.15) is 0 Å². The number of hydrogen-bond acceptors (Lipinski definition) is 12. The maximum Gasteiger partial charge on any atom is 0.270 e. The van der Waals surface area contributed by atoms with Crippen molar-refractivity contribution in [1.82, 2.24) is 9.80 Å². The van der Waals surface area contributed by atoms with Gasteiger partial charge in [0.1, 0.15) is 22.8 Å². The summed E-state index contributed by atoms with van der Waals surface area (Å²) in [6.07, 6.45) is -0.259. The number of aromatic hydroxyl groups is 1. The van der Waals surface area contributed by atoms with Gasteiger partial charge in [0.15, 0.2) is 11.4 Å². The monoisotopic (exact) mass is 694 g/mol. The Kier molecular flexibility index (Phi) is 7.47. The number of amides is 3. The third kappa shape index (κ3) is 4.62. The summed E-state index contributed by atoms with van der Waals surface area (Å²) in [6, 6.07) is 11.8. The van der Waals surface area contributed by atoms with Crippen LogP contribution in [-0.2, 0) is 27.3 Å². The first kappa shape index (κ1) is 33.3. The lowest BCUT2D eigenvalue weighted by Gasteiger charge is -2.50. The van der Waals surface area contributed by atoms with Crippen molar-refractivity contribution in [3.05, 3.63) is 109 Å². The normalized spacial score (nSPS) is 24.1. The van der Waals surface area contributed by atoms with Crippen LogP contribution in [0.5, 0.6) is 5.75 Å². The summed E-state index contributed by atoms with van der Waals surface area (Å²) in [5.74, 6) is -9.61. The standard InChI is InChI=1S/C36H30N4O11/c1-38(2)27-23-13-16-11-22-21(15-6-5-7-18(10-15)40(50)51)12-17(14-39-34(47)19-8-3-4-9-20(19)35(39)48)28(41)25(22)29(42)24(16)31(44)36(23,49)32(45)26(30(27)43)33(37)46/h3-10,12,16,23,27,41-42,45,49H,11,13-14H2,1-2H3,(H2,37,46)/t16-,23-,27-,36+/m0/s1. The molecular weight excluding hydrogens is 664 g/mol. The second kappa shape index (κ2) is 11.4. The molecule has 7 rings (SSSR count). The fourth-order valence-corrected chi connectivity index (χ4v) is 8.09. The number of nitro groups is 1. The number of carbonyl (C=O) groups is 5. The number of Topliss-reactive ketones (excluding diaryl/α,β-unsaturated/α-hetero) is 2. The first-order chi connectivity index (χ1) is 24.1. The van der Waals surface area contributed by atoms with Crippen molar-refractivity contribution in [2.75, 3.05) is 14.1 Å². The van der Waals surface area contributed by atoms with E-state index in [1.54, 1.807) is 18.2 Å². The predicted molar refractivity (Wildman–Crippen MR) is 177 cm³/mol. The fraction of sp³-hybridized carbons (Fsp3) is 0.250. The van der Waals surface area contributed by atoms with E-state index in [0.717, 1.165) is 4.90 Å². The quantitative estimate of drug-likeness (QED) is 0.108. The van der Waals surface area contributed by atoms with E-state index in [-0.39, 0.29) is 57.5 Å². The second-order valence-corrected chi connectivity index (χ2v) is 13.3. The summed E-state index contributed by atoms with van der Waals surface area (Å²) < 4.78 is 0. The topological polar surface area (TPSA) is 242 Å². The number of ketones is 2. The molecule has 0 aromatic heterocycles. The van der Waals surface area contributed by atoms with E-state index in [9.17, 15) is 54.5 Å². The van der Waals surface area contributed by atoms with Crippen molar-refractivity contribution >= 4 is 40.7 Å². The van der Waals surface area contributed by atoms with Gasteiger partial charge < -0.3 is 26.2 Å². The minimum Gasteiger partial charge on any atom is -0.508 e. The number of nitrogens with two attached hydrogens (primary N) is 1. The highest BCUT2D eigenvalue weighted by Gasteiger charge is 2.64. The molecule has 15 nitrogen and oxygen atoms in total. The van der Waals surface area contributed by atoms with Gasteiger partial charge in [0, 0.05) is 29.2 Å². The highest BCUT2D eigenvalue weighted by molar-refractivity contribution is 6.24. The minimum absolute atomic E-state index is 0.0510. The van der Waals surface area contributed by atoms with Crippen LogP contribution in [-0.4, -0.2) is 90.2 Å². The van der Waals surface area contributed by atoms with E-state index in [1.165, 1.54) is 55.4 Å². The van der Waals surface area contributed by atoms with Crippen LogP contribution in [0.4, 0.5) is 5.69 Å². The Morgan fingerprint density at radius 3 is 2.24 bits per heavy atom. The number of nitro benzene ring substituents is 1. The van der Waals surface area contributed by atoms with Crippen LogP contribution in [0.25, 0.3) is 16.9 Å². The predicted octanol–water partition coefficient (Wildman–Crippen LogP) is 2.34. The Labute approximate surface area is 288 Å². The van der Waals surface area contributed by atoms with E-state index in [2.05, 4.69) is 0 Å². The van der Waals surface area contributed by atoms with Gasteiger partial charge >= 0.3 is 0 Å². The van der Waals surface area contributed by atoms with Crippen LogP contribution in [0.3, 0.4) is 0 Å². The Morgan fingerprint density at radius 2 is 1.65 bits per heavy atom. The van der Waals surface area contributed by atoms with Crippen molar-refractivity contribution in [3.8, 4) is 16.9 Å². The third-order valence-corrected chi connectivity index (χ3v) is 10.4. The molecule has 3 amide bonds. The highest BCUT2D eigenvalue weighted by Crippen LogP contribution is 2.54. The van der Waals surface area contributed by atoms with Crippen LogP contribution in [0.2, 0.25) is 0 Å². The van der Waals surface area contributed by atoms with Gasteiger partial charge in [0.2, 0.25) is 5.78 Å². The number of fused-ring (bicyclic) bond motifs is 4. The molecular formula is C36H30N4O11. The first-order valence-electron chi connectivity index (χ1n) is 15.8. The molecule has 0 radical (unpaired) electrons. The Morgan fingerprint density at radius 1 is 1.00 bits per heavy atom. The van der Waals surface area contributed by atoms with Crippen LogP contribution in [0, 0.1) is 22.0 Å².